The minimum absolute atomic E-state index is 0.00473. The van der Waals surface area contributed by atoms with Crippen molar-refractivity contribution < 1.29 is 20.1 Å². The lowest BCUT2D eigenvalue weighted by Gasteiger charge is -2.08. The van der Waals surface area contributed by atoms with Crippen LogP contribution in [0.1, 0.15) is 11.1 Å². The zero-order valence-corrected chi connectivity index (χ0v) is 12.8. The molecule has 0 amide bonds. The van der Waals surface area contributed by atoms with Gasteiger partial charge in [-0.15, -0.1) is 0 Å². The molecular formula is C17H14ClNO4. The summed E-state index contributed by atoms with van der Waals surface area (Å²) in [5.41, 5.74) is 1.96. The van der Waals surface area contributed by atoms with Gasteiger partial charge in [0.25, 0.3) is 0 Å². The van der Waals surface area contributed by atoms with Crippen molar-refractivity contribution >= 4 is 28.5 Å². The first-order valence-corrected chi connectivity index (χ1v) is 7.33. The molecule has 0 saturated heterocycles. The molecule has 1 aromatic heterocycles. The number of fused-ring (bicyclic) bond motifs is 1. The number of benzene rings is 2. The van der Waals surface area contributed by atoms with Crippen LogP contribution in [-0.4, -0.2) is 25.9 Å². The van der Waals surface area contributed by atoms with Crippen molar-refractivity contribution in [3.8, 4) is 11.5 Å². The van der Waals surface area contributed by atoms with Crippen molar-refractivity contribution in [1.29, 1.82) is 0 Å². The number of phenolic OH excluding ortho intramolecular Hbond substituents is 2. The van der Waals surface area contributed by atoms with Crippen LogP contribution in [-0.2, 0) is 17.8 Å². The minimum Gasteiger partial charge on any atom is -0.508 e. The van der Waals surface area contributed by atoms with Gasteiger partial charge in [0.1, 0.15) is 16.7 Å². The van der Waals surface area contributed by atoms with E-state index in [1.807, 2.05) is 0 Å². The maximum absolute atomic E-state index is 11.1. The van der Waals surface area contributed by atoms with Crippen molar-refractivity contribution in [2.75, 3.05) is 0 Å². The van der Waals surface area contributed by atoms with Crippen LogP contribution in [0.25, 0.3) is 10.9 Å². The smallest absolute Gasteiger partial charge is 0.307 e. The fraction of sp³-hybridized carbons (Fsp3) is 0.118. The number of hydrogen-bond donors (Lipinski definition) is 3. The van der Waals surface area contributed by atoms with Gasteiger partial charge in [0, 0.05) is 17.5 Å². The maximum Gasteiger partial charge on any atom is 0.307 e. The lowest BCUT2D eigenvalue weighted by atomic mass is 10.1. The van der Waals surface area contributed by atoms with Crippen LogP contribution in [0, 0.1) is 0 Å². The van der Waals surface area contributed by atoms with Gasteiger partial charge in [-0.3, -0.25) is 4.79 Å². The summed E-state index contributed by atoms with van der Waals surface area (Å²) in [7, 11) is 0. The van der Waals surface area contributed by atoms with Gasteiger partial charge in [0.15, 0.2) is 0 Å². The number of hydrogen-bond acceptors (Lipinski definition) is 3. The molecule has 3 rings (SSSR count). The van der Waals surface area contributed by atoms with Crippen LogP contribution >= 0.6 is 11.6 Å². The predicted octanol–water partition coefficient (Wildman–Crippen LogP) is 3.38. The van der Waals surface area contributed by atoms with Gasteiger partial charge >= 0.3 is 5.97 Å². The quantitative estimate of drug-likeness (QED) is 0.684. The summed E-state index contributed by atoms with van der Waals surface area (Å²) in [6.07, 6.45) is -0.268. The molecule has 0 bridgehead atoms. The maximum atomic E-state index is 11.1. The molecule has 0 aliphatic rings. The van der Waals surface area contributed by atoms with E-state index in [4.69, 9.17) is 16.7 Å². The highest BCUT2D eigenvalue weighted by Crippen LogP contribution is 2.36. The fourth-order valence-corrected chi connectivity index (χ4v) is 3.00. The molecule has 118 valence electrons. The normalized spacial score (nSPS) is 11.0. The van der Waals surface area contributed by atoms with Crippen LogP contribution in [0.2, 0.25) is 5.15 Å². The third-order valence-electron chi connectivity index (χ3n) is 3.70. The molecule has 0 atom stereocenters. The third kappa shape index (κ3) is 2.83. The molecule has 0 fully saturated rings. The number of aromatic hydroxyl groups is 2. The largest absolute Gasteiger partial charge is 0.508 e. The van der Waals surface area contributed by atoms with Gasteiger partial charge in [0.05, 0.1) is 11.9 Å². The molecule has 23 heavy (non-hydrogen) atoms. The van der Waals surface area contributed by atoms with Crippen LogP contribution in [0.15, 0.2) is 42.5 Å². The van der Waals surface area contributed by atoms with Crippen molar-refractivity contribution in [3.05, 3.63) is 58.7 Å². The highest BCUT2D eigenvalue weighted by Gasteiger charge is 2.20. The molecule has 0 spiro atoms. The highest BCUT2D eigenvalue weighted by atomic mass is 35.5. The number of carboxylic acids is 1. The highest BCUT2D eigenvalue weighted by molar-refractivity contribution is 6.32. The molecule has 0 unspecified atom stereocenters. The van der Waals surface area contributed by atoms with Crippen molar-refractivity contribution in [3.63, 3.8) is 0 Å². The number of rotatable bonds is 4. The van der Waals surface area contributed by atoms with Crippen LogP contribution in [0.4, 0.5) is 0 Å². The molecule has 0 aliphatic heterocycles. The van der Waals surface area contributed by atoms with E-state index in [2.05, 4.69) is 0 Å². The Morgan fingerprint density at radius 2 is 1.78 bits per heavy atom. The second-order valence-corrected chi connectivity index (χ2v) is 5.62. The number of nitrogens with zero attached hydrogens (tertiary/aromatic N) is 1. The molecular weight excluding hydrogens is 318 g/mol. The van der Waals surface area contributed by atoms with E-state index >= 15 is 0 Å². The van der Waals surface area contributed by atoms with E-state index < -0.39 is 5.97 Å². The average Bonchev–Trinajstić information content (AvgIpc) is 2.76. The first-order chi connectivity index (χ1) is 11.0. The summed E-state index contributed by atoms with van der Waals surface area (Å²) >= 11 is 6.39. The number of aliphatic carboxylic acids is 1. The Morgan fingerprint density at radius 3 is 2.43 bits per heavy atom. The van der Waals surface area contributed by atoms with E-state index in [9.17, 15) is 15.0 Å². The van der Waals surface area contributed by atoms with E-state index in [0.717, 1.165) is 5.56 Å². The number of phenols is 2. The molecule has 3 aromatic rings. The lowest BCUT2D eigenvalue weighted by molar-refractivity contribution is -0.136. The van der Waals surface area contributed by atoms with E-state index in [0.29, 0.717) is 23.0 Å². The number of halogens is 1. The molecule has 1 heterocycles. The first-order valence-electron chi connectivity index (χ1n) is 6.95. The Balaban J connectivity index is 2.16. The molecule has 0 saturated carbocycles. The third-order valence-corrected chi connectivity index (χ3v) is 4.14. The van der Waals surface area contributed by atoms with Gasteiger partial charge in [-0.05, 0) is 29.8 Å². The molecule has 5 nitrogen and oxygen atoms in total. The SMILES string of the molecule is O=C(O)Cc1c(Cl)n(Cc2ccc(O)cc2)c2cccc(O)c12. The zero-order chi connectivity index (χ0) is 16.6. The average molecular weight is 332 g/mol. The first kappa shape index (κ1) is 15.2. The van der Waals surface area contributed by atoms with Crippen molar-refractivity contribution in [2.45, 2.75) is 13.0 Å². The Kier molecular flexibility index (Phi) is 3.88. The second-order valence-electron chi connectivity index (χ2n) is 5.26. The lowest BCUT2D eigenvalue weighted by Crippen LogP contribution is -2.02. The topological polar surface area (TPSA) is 82.7 Å². The van der Waals surface area contributed by atoms with Crippen LogP contribution < -0.4 is 0 Å². The molecule has 0 radical (unpaired) electrons. The summed E-state index contributed by atoms with van der Waals surface area (Å²) in [4.78, 5) is 11.1. The number of carboxylic acid groups (broad SMARTS) is 1. The molecule has 0 aliphatic carbocycles. The Bertz CT molecular complexity index is 884. The zero-order valence-electron chi connectivity index (χ0n) is 12.0. The molecule has 3 N–H and O–H groups in total. The van der Waals surface area contributed by atoms with Gasteiger partial charge < -0.3 is 19.9 Å². The molecule has 2 aromatic carbocycles. The van der Waals surface area contributed by atoms with E-state index in [-0.39, 0.29) is 23.1 Å². The minimum atomic E-state index is -1.01. The van der Waals surface area contributed by atoms with Crippen LogP contribution in [0.3, 0.4) is 0 Å². The van der Waals surface area contributed by atoms with Crippen molar-refractivity contribution in [1.82, 2.24) is 4.57 Å². The summed E-state index contributed by atoms with van der Waals surface area (Å²) in [6, 6.07) is 11.6. The summed E-state index contributed by atoms with van der Waals surface area (Å²) in [6.45, 7) is 0.401. The second kappa shape index (κ2) is 5.85. The summed E-state index contributed by atoms with van der Waals surface area (Å²) in [5.74, 6) is -0.842. The Labute approximate surface area is 137 Å². The number of aromatic nitrogens is 1. The van der Waals surface area contributed by atoms with Gasteiger partial charge in [-0.2, -0.15) is 0 Å². The van der Waals surface area contributed by atoms with Crippen LogP contribution in [0.5, 0.6) is 11.5 Å². The van der Waals surface area contributed by atoms with Gasteiger partial charge in [-0.1, -0.05) is 29.8 Å². The number of carbonyl (C=O) groups is 1. The predicted molar refractivity (Wildman–Crippen MR) is 87.2 cm³/mol. The van der Waals surface area contributed by atoms with Crippen molar-refractivity contribution in [2.24, 2.45) is 0 Å². The standard InChI is InChI=1S/C17H14ClNO4/c18-17-12(8-15(22)23)16-13(2-1-3-14(16)21)19(17)9-10-4-6-11(20)7-5-10/h1-7,20-21H,8-9H2,(H,22,23). The molecule has 6 heteroatoms. The van der Waals surface area contributed by atoms with E-state index in [1.165, 1.54) is 6.07 Å². The van der Waals surface area contributed by atoms with Gasteiger partial charge in [0.2, 0.25) is 0 Å². The van der Waals surface area contributed by atoms with E-state index in [1.54, 1.807) is 41.0 Å². The monoisotopic (exact) mass is 331 g/mol. The summed E-state index contributed by atoms with van der Waals surface area (Å²) in [5, 5.41) is 29.3. The Morgan fingerprint density at radius 1 is 1.09 bits per heavy atom. The summed E-state index contributed by atoms with van der Waals surface area (Å²) < 4.78 is 1.75. The Hall–Kier alpha value is -2.66. The van der Waals surface area contributed by atoms with Gasteiger partial charge in [-0.25, -0.2) is 0 Å². The fourth-order valence-electron chi connectivity index (χ4n) is 2.69.